The minimum absolute atomic E-state index is 0.129. The lowest BCUT2D eigenvalue weighted by Crippen LogP contribution is -2.40. The highest BCUT2D eigenvalue weighted by atomic mass is 16.6. The van der Waals surface area contributed by atoms with Crippen LogP contribution in [-0.4, -0.2) is 36.7 Å². The number of carbonyl (C=O) groups is 4. The first kappa shape index (κ1) is 25.6. The summed E-state index contributed by atoms with van der Waals surface area (Å²) < 4.78 is 9.33. The number of hydrogen-bond acceptors (Lipinski definition) is 6. The number of ether oxygens (including phenoxy) is 2. The van der Waals surface area contributed by atoms with Gasteiger partial charge in [-0.15, -0.1) is 0 Å². The van der Waals surface area contributed by atoms with Gasteiger partial charge in [-0.2, -0.15) is 0 Å². The molecule has 0 saturated heterocycles. The molecule has 0 aliphatic rings. The minimum atomic E-state index is -0.797. The molecule has 3 atom stereocenters. The zero-order valence-electron chi connectivity index (χ0n) is 18.0. The lowest BCUT2D eigenvalue weighted by molar-refractivity contribution is -0.146. The number of carbonyl (C=O) groups excluding carboxylic acids is 4. The molecular formula is C20H34N2O6. The lowest BCUT2D eigenvalue weighted by atomic mass is 9.90. The number of esters is 2. The van der Waals surface area contributed by atoms with Crippen LogP contribution in [0.25, 0.3) is 0 Å². The van der Waals surface area contributed by atoms with Crippen molar-refractivity contribution >= 4 is 24.1 Å². The SMILES string of the molecule is C=C(C)C(=O)OC(=O)NCCC(C)CC(C)C(C)NC(=O)OC(=O)C(C)(C)C. The monoisotopic (exact) mass is 398 g/mol. The third kappa shape index (κ3) is 10.7. The van der Waals surface area contributed by atoms with Crippen molar-refractivity contribution in [3.63, 3.8) is 0 Å². The Morgan fingerprint density at radius 2 is 1.57 bits per heavy atom. The standard InChI is InChI=1S/C20H34N2O6/c1-12(2)16(23)27-18(25)21-10-9-13(3)11-14(4)15(5)22-19(26)28-17(24)20(6,7)8/h13-15H,1,9-11H2,2-8H3,(H,21,25)(H,22,26). The number of amides is 2. The van der Waals surface area contributed by atoms with Crippen molar-refractivity contribution in [2.75, 3.05) is 6.54 Å². The largest absolute Gasteiger partial charge is 0.415 e. The molecule has 0 fully saturated rings. The number of hydrogen-bond donors (Lipinski definition) is 2. The van der Waals surface area contributed by atoms with Crippen LogP contribution in [0.4, 0.5) is 9.59 Å². The van der Waals surface area contributed by atoms with Gasteiger partial charge in [-0.3, -0.25) is 4.79 Å². The Labute approximate surface area is 167 Å². The van der Waals surface area contributed by atoms with E-state index in [-0.39, 0.29) is 23.5 Å². The van der Waals surface area contributed by atoms with E-state index in [1.807, 2.05) is 20.8 Å². The van der Waals surface area contributed by atoms with Gasteiger partial charge in [-0.05, 0) is 59.3 Å². The van der Waals surface area contributed by atoms with Gasteiger partial charge >= 0.3 is 24.1 Å². The van der Waals surface area contributed by atoms with Gasteiger partial charge in [0.05, 0.1) is 5.41 Å². The normalized spacial score (nSPS) is 14.2. The minimum Gasteiger partial charge on any atom is -0.376 e. The van der Waals surface area contributed by atoms with Crippen LogP contribution < -0.4 is 10.6 Å². The molecule has 2 amide bonds. The second kappa shape index (κ2) is 11.5. The van der Waals surface area contributed by atoms with E-state index in [2.05, 4.69) is 21.9 Å². The fourth-order valence-electron chi connectivity index (χ4n) is 2.18. The first-order valence-electron chi connectivity index (χ1n) is 9.42. The van der Waals surface area contributed by atoms with E-state index in [9.17, 15) is 19.2 Å². The Balaban J connectivity index is 4.22. The maximum atomic E-state index is 11.8. The van der Waals surface area contributed by atoms with Crippen molar-refractivity contribution in [3.05, 3.63) is 12.2 Å². The molecule has 8 heteroatoms. The van der Waals surface area contributed by atoms with Gasteiger partial charge in [0.25, 0.3) is 0 Å². The first-order chi connectivity index (χ1) is 12.7. The highest BCUT2D eigenvalue weighted by molar-refractivity contribution is 5.94. The van der Waals surface area contributed by atoms with E-state index in [0.29, 0.717) is 13.0 Å². The van der Waals surface area contributed by atoms with Crippen molar-refractivity contribution in [1.29, 1.82) is 0 Å². The third-order valence-electron chi connectivity index (χ3n) is 4.21. The number of nitrogens with one attached hydrogen (secondary N) is 2. The van der Waals surface area contributed by atoms with E-state index in [1.165, 1.54) is 6.92 Å². The van der Waals surface area contributed by atoms with Gasteiger partial charge in [0.1, 0.15) is 0 Å². The summed E-state index contributed by atoms with van der Waals surface area (Å²) in [7, 11) is 0. The van der Waals surface area contributed by atoms with Crippen LogP contribution >= 0.6 is 0 Å². The maximum absolute atomic E-state index is 11.8. The summed E-state index contributed by atoms with van der Waals surface area (Å²) in [4.78, 5) is 46.3. The van der Waals surface area contributed by atoms with Crippen LogP contribution in [-0.2, 0) is 19.1 Å². The molecule has 3 unspecified atom stereocenters. The quantitative estimate of drug-likeness (QED) is 0.367. The van der Waals surface area contributed by atoms with Crippen molar-refractivity contribution in [2.45, 2.75) is 67.3 Å². The molecule has 0 aliphatic carbocycles. The summed E-state index contributed by atoms with van der Waals surface area (Å²) in [5.74, 6) is -0.954. The fourth-order valence-corrected chi connectivity index (χ4v) is 2.18. The summed E-state index contributed by atoms with van der Waals surface area (Å²) in [5, 5.41) is 5.20. The van der Waals surface area contributed by atoms with Gasteiger partial charge in [-0.25, -0.2) is 14.4 Å². The average molecular weight is 399 g/mol. The van der Waals surface area contributed by atoms with E-state index in [0.717, 1.165) is 6.42 Å². The fraction of sp³-hybridized carbons (Fsp3) is 0.700. The Hall–Kier alpha value is -2.38. The highest BCUT2D eigenvalue weighted by Gasteiger charge is 2.27. The van der Waals surface area contributed by atoms with Crippen LogP contribution in [0, 0.1) is 17.3 Å². The van der Waals surface area contributed by atoms with E-state index in [4.69, 9.17) is 4.74 Å². The van der Waals surface area contributed by atoms with Crippen LogP contribution in [0.2, 0.25) is 0 Å². The zero-order chi connectivity index (χ0) is 22.1. The molecule has 0 saturated carbocycles. The zero-order valence-corrected chi connectivity index (χ0v) is 18.0. The molecule has 0 spiro atoms. The average Bonchev–Trinajstić information content (AvgIpc) is 2.53. The summed E-state index contributed by atoms with van der Waals surface area (Å²) in [5.41, 5.74) is -0.592. The van der Waals surface area contributed by atoms with E-state index < -0.39 is 29.5 Å². The van der Waals surface area contributed by atoms with Crippen molar-refractivity contribution in [2.24, 2.45) is 17.3 Å². The summed E-state index contributed by atoms with van der Waals surface area (Å²) >= 11 is 0. The summed E-state index contributed by atoms with van der Waals surface area (Å²) in [6.07, 6.45) is -0.0794. The second-order valence-electron chi connectivity index (χ2n) is 8.35. The molecule has 0 aliphatic heterocycles. The Bertz CT molecular complexity index is 594. The van der Waals surface area contributed by atoms with E-state index >= 15 is 0 Å². The molecule has 0 aromatic rings. The van der Waals surface area contributed by atoms with Crippen molar-refractivity contribution < 1.29 is 28.7 Å². The van der Waals surface area contributed by atoms with Crippen LogP contribution in [0.15, 0.2) is 12.2 Å². The molecule has 8 nitrogen and oxygen atoms in total. The van der Waals surface area contributed by atoms with Crippen molar-refractivity contribution in [1.82, 2.24) is 10.6 Å². The van der Waals surface area contributed by atoms with Gasteiger partial charge in [0.15, 0.2) is 0 Å². The number of alkyl carbamates (subject to hydrolysis) is 2. The third-order valence-corrected chi connectivity index (χ3v) is 4.21. The maximum Gasteiger partial charge on any atom is 0.415 e. The molecule has 0 bridgehead atoms. The predicted molar refractivity (Wildman–Crippen MR) is 105 cm³/mol. The van der Waals surface area contributed by atoms with E-state index in [1.54, 1.807) is 20.8 Å². The molecule has 0 aromatic heterocycles. The van der Waals surface area contributed by atoms with Gasteiger partial charge < -0.3 is 20.1 Å². The second-order valence-corrected chi connectivity index (χ2v) is 8.35. The van der Waals surface area contributed by atoms with Crippen molar-refractivity contribution in [3.8, 4) is 0 Å². The molecular weight excluding hydrogens is 364 g/mol. The summed E-state index contributed by atoms with van der Waals surface area (Å²) in [6.45, 7) is 16.1. The molecule has 0 radical (unpaired) electrons. The van der Waals surface area contributed by atoms with Crippen LogP contribution in [0.1, 0.15) is 61.3 Å². The molecule has 2 N–H and O–H groups in total. The lowest BCUT2D eigenvalue weighted by Gasteiger charge is -2.24. The highest BCUT2D eigenvalue weighted by Crippen LogP contribution is 2.19. The Morgan fingerprint density at radius 3 is 2.07 bits per heavy atom. The van der Waals surface area contributed by atoms with Gasteiger partial charge in [0.2, 0.25) is 0 Å². The Morgan fingerprint density at radius 1 is 1.00 bits per heavy atom. The summed E-state index contributed by atoms with van der Waals surface area (Å²) in [6, 6.07) is -0.186. The first-order valence-corrected chi connectivity index (χ1v) is 9.42. The Kier molecular flexibility index (Phi) is 10.5. The number of rotatable bonds is 8. The van der Waals surface area contributed by atoms with Gasteiger partial charge in [0, 0.05) is 18.2 Å². The van der Waals surface area contributed by atoms with Crippen LogP contribution in [0.3, 0.4) is 0 Å². The smallest absolute Gasteiger partial charge is 0.376 e. The van der Waals surface area contributed by atoms with Gasteiger partial charge in [-0.1, -0.05) is 20.4 Å². The molecule has 0 rings (SSSR count). The molecule has 28 heavy (non-hydrogen) atoms. The molecule has 160 valence electrons. The molecule has 0 heterocycles. The topological polar surface area (TPSA) is 111 Å². The van der Waals surface area contributed by atoms with Crippen LogP contribution in [0.5, 0.6) is 0 Å². The molecule has 0 aromatic carbocycles. The predicted octanol–water partition coefficient (Wildman–Crippen LogP) is 3.56.